The third-order valence-corrected chi connectivity index (χ3v) is 8.29. The monoisotopic (exact) mass is 681 g/mol. The molecule has 0 saturated carbocycles. The molecule has 0 aliphatic carbocycles. The largest absolute Gasteiger partial charge is 0.374 e. The number of hydrogen-bond acceptors (Lipinski definition) is 8. The van der Waals surface area contributed by atoms with Gasteiger partial charge < -0.3 is 35.8 Å². The number of amides is 3. The van der Waals surface area contributed by atoms with Crippen molar-refractivity contribution >= 4 is 35.5 Å². The average molecular weight is 682 g/mol. The lowest BCUT2D eigenvalue weighted by Gasteiger charge is -2.39. The Bertz CT molecular complexity index is 1650. The van der Waals surface area contributed by atoms with Gasteiger partial charge in [0.05, 0.1) is 25.1 Å². The Balaban J connectivity index is 1.48. The lowest BCUT2D eigenvalue weighted by molar-refractivity contribution is -0.135. The minimum absolute atomic E-state index is 0.00796. The summed E-state index contributed by atoms with van der Waals surface area (Å²) in [4.78, 5) is 57.5. The second-order valence-corrected chi connectivity index (χ2v) is 12.9. The van der Waals surface area contributed by atoms with Crippen molar-refractivity contribution in [3.8, 4) is 0 Å². The van der Waals surface area contributed by atoms with Crippen molar-refractivity contribution in [1.29, 1.82) is 5.41 Å². The van der Waals surface area contributed by atoms with Crippen LogP contribution >= 0.6 is 0 Å². The number of anilines is 1. The zero-order chi connectivity index (χ0) is 36.3. The Morgan fingerprint density at radius 2 is 1.52 bits per heavy atom. The highest BCUT2D eigenvalue weighted by molar-refractivity contribution is 5.94. The van der Waals surface area contributed by atoms with Crippen molar-refractivity contribution < 1.29 is 23.9 Å². The van der Waals surface area contributed by atoms with E-state index in [9.17, 15) is 19.2 Å². The molecule has 0 radical (unpaired) electrons. The van der Waals surface area contributed by atoms with Crippen LogP contribution in [0.3, 0.4) is 0 Å². The maximum atomic E-state index is 14.2. The van der Waals surface area contributed by atoms with E-state index in [4.69, 9.17) is 15.9 Å². The summed E-state index contributed by atoms with van der Waals surface area (Å²) >= 11 is 0. The molecule has 1 saturated heterocycles. The number of benzene rings is 3. The molecule has 1 heterocycles. The molecule has 1 unspecified atom stereocenters. The lowest BCUT2D eigenvalue weighted by Crippen LogP contribution is -2.57. The van der Waals surface area contributed by atoms with E-state index in [1.165, 1.54) is 18.0 Å². The molecule has 1 aliphatic rings. The molecule has 2 atom stereocenters. The zero-order valence-corrected chi connectivity index (χ0v) is 29.1. The number of nitrogens with two attached hydrogens (primary N) is 1. The summed E-state index contributed by atoms with van der Waals surface area (Å²) in [6.45, 7) is 8.52. The van der Waals surface area contributed by atoms with Gasteiger partial charge in [-0.05, 0) is 63.1 Å². The number of ketones is 1. The predicted molar refractivity (Wildman–Crippen MR) is 193 cm³/mol. The normalized spacial score (nSPS) is 14.7. The van der Waals surface area contributed by atoms with Gasteiger partial charge in [0.1, 0.15) is 12.1 Å². The van der Waals surface area contributed by atoms with Gasteiger partial charge in [-0.1, -0.05) is 60.7 Å². The Morgan fingerprint density at radius 3 is 2.08 bits per heavy atom. The van der Waals surface area contributed by atoms with Crippen LogP contribution in [0.5, 0.6) is 0 Å². The van der Waals surface area contributed by atoms with Crippen LogP contribution in [0, 0.1) is 5.41 Å². The maximum absolute atomic E-state index is 14.2. The summed E-state index contributed by atoms with van der Waals surface area (Å²) in [5, 5.41) is 13.8. The number of Topliss-reactive ketones (excluding diaryl/α,β-unsaturated/α-hetero) is 1. The van der Waals surface area contributed by atoms with Crippen molar-refractivity contribution in [1.82, 2.24) is 20.4 Å². The first-order valence-electron chi connectivity index (χ1n) is 16.6. The van der Waals surface area contributed by atoms with E-state index in [1.807, 2.05) is 84.9 Å². The topological polar surface area (TPSA) is 161 Å². The lowest BCUT2D eigenvalue weighted by atomic mass is 10.0. The number of hydrogen-bond donors (Lipinski definition) is 4. The first-order valence-corrected chi connectivity index (χ1v) is 16.6. The molecule has 50 heavy (non-hydrogen) atoms. The van der Waals surface area contributed by atoms with Gasteiger partial charge in [0.25, 0.3) is 0 Å². The minimum Gasteiger partial charge on any atom is -0.374 e. The highest BCUT2D eigenvalue weighted by Gasteiger charge is 2.33. The highest BCUT2D eigenvalue weighted by Crippen LogP contribution is 2.25. The molecular weight excluding hydrogens is 634 g/mol. The van der Waals surface area contributed by atoms with Gasteiger partial charge in [-0.3, -0.25) is 24.6 Å². The first kappa shape index (κ1) is 37.5. The zero-order valence-electron chi connectivity index (χ0n) is 29.1. The fourth-order valence-corrected chi connectivity index (χ4v) is 5.46. The number of carbonyl (C=O) groups is 4. The van der Waals surface area contributed by atoms with Crippen LogP contribution in [-0.4, -0.2) is 84.0 Å². The number of nitrogens with zero attached hydrogens (tertiary/aromatic N) is 3. The van der Waals surface area contributed by atoms with Gasteiger partial charge in [-0.25, -0.2) is 0 Å². The summed E-state index contributed by atoms with van der Waals surface area (Å²) < 4.78 is 5.80. The van der Waals surface area contributed by atoms with Crippen molar-refractivity contribution in [2.24, 2.45) is 5.73 Å². The molecule has 12 nitrogen and oxygen atoms in total. The van der Waals surface area contributed by atoms with Crippen LogP contribution < -0.4 is 21.3 Å². The smallest absolute Gasteiger partial charge is 0.250 e. The van der Waals surface area contributed by atoms with Crippen molar-refractivity contribution in [3.05, 3.63) is 114 Å². The van der Waals surface area contributed by atoms with Gasteiger partial charge in [0.15, 0.2) is 5.78 Å². The van der Waals surface area contributed by atoms with E-state index in [-0.39, 0.29) is 24.9 Å². The molecular formula is C38H47N7O5. The van der Waals surface area contributed by atoms with Gasteiger partial charge in [0.2, 0.25) is 17.7 Å². The number of piperazine rings is 1. The molecule has 0 bridgehead atoms. The molecule has 0 spiro atoms. The van der Waals surface area contributed by atoms with E-state index in [0.29, 0.717) is 43.0 Å². The van der Waals surface area contributed by atoms with Crippen LogP contribution in [0.25, 0.3) is 0 Å². The van der Waals surface area contributed by atoms with Crippen molar-refractivity contribution in [2.45, 2.75) is 51.9 Å². The molecule has 264 valence electrons. The Labute approximate surface area is 293 Å². The molecule has 3 amide bonds. The van der Waals surface area contributed by atoms with E-state index in [2.05, 4.69) is 15.5 Å². The van der Waals surface area contributed by atoms with Gasteiger partial charge >= 0.3 is 0 Å². The van der Waals surface area contributed by atoms with E-state index in [0.717, 1.165) is 17.6 Å². The SMILES string of the molecule is CC(=O)c1ccc(N2CCN(C(=O)C(c3ccccc3)N(C=N)/C=C(\C)NC(=O)[C@@H](COCc3ccccc3)NC(=O)C(C)(C)N)CC2)cc1. The van der Waals surface area contributed by atoms with Crippen LogP contribution in [0.2, 0.25) is 0 Å². The Kier molecular flexibility index (Phi) is 13.0. The van der Waals surface area contributed by atoms with Crippen molar-refractivity contribution in [3.63, 3.8) is 0 Å². The Morgan fingerprint density at radius 1 is 0.920 bits per heavy atom. The molecule has 5 N–H and O–H groups in total. The second-order valence-electron chi connectivity index (χ2n) is 12.9. The van der Waals surface area contributed by atoms with Crippen LogP contribution in [0.15, 0.2) is 96.8 Å². The number of rotatable bonds is 15. The van der Waals surface area contributed by atoms with E-state index < -0.39 is 29.4 Å². The molecule has 1 aliphatic heterocycles. The highest BCUT2D eigenvalue weighted by atomic mass is 16.5. The molecule has 0 aromatic heterocycles. The molecule has 12 heteroatoms. The van der Waals surface area contributed by atoms with Gasteiger partial charge in [-0.2, -0.15) is 0 Å². The molecule has 1 fully saturated rings. The van der Waals surface area contributed by atoms with E-state index >= 15 is 0 Å². The predicted octanol–water partition coefficient (Wildman–Crippen LogP) is 3.60. The number of ether oxygens (including phenoxy) is 1. The number of nitrogens with one attached hydrogen (secondary N) is 3. The fraction of sp³-hybridized carbons (Fsp3) is 0.342. The van der Waals surface area contributed by atoms with Gasteiger partial charge in [0, 0.05) is 49.3 Å². The third-order valence-electron chi connectivity index (χ3n) is 8.29. The number of carbonyl (C=O) groups excluding carboxylic acids is 4. The summed E-state index contributed by atoms with van der Waals surface area (Å²) in [5.41, 5.74) is 8.33. The van der Waals surface area contributed by atoms with E-state index in [1.54, 1.807) is 25.7 Å². The van der Waals surface area contributed by atoms with Crippen LogP contribution in [-0.2, 0) is 25.7 Å². The molecule has 3 aromatic carbocycles. The fourth-order valence-electron chi connectivity index (χ4n) is 5.46. The minimum atomic E-state index is -1.23. The summed E-state index contributed by atoms with van der Waals surface area (Å²) in [5.74, 6) is -1.24. The Hall–Kier alpha value is -5.33. The second kappa shape index (κ2) is 17.4. The first-order chi connectivity index (χ1) is 23.9. The third kappa shape index (κ3) is 10.3. The number of allylic oxidation sites excluding steroid dienone is 1. The van der Waals surface area contributed by atoms with Gasteiger partial charge in [-0.15, -0.1) is 0 Å². The quantitative estimate of drug-likeness (QED) is 0.108. The molecule has 4 rings (SSSR count). The summed E-state index contributed by atoms with van der Waals surface area (Å²) in [7, 11) is 0. The van der Waals surface area contributed by atoms with Crippen LogP contribution in [0.4, 0.5) is 5.69 Å². The standard InChI is InChI=1S/C38H47N7O5/c1-27(41-35(47)33(42-37(49)38(3,4)40)25-50-24-29-11-7-5-8-12-29)23-45(26-39)34(31-13-9-6-10-14-31)36(48)44-21-19-43(20-22-44)32-17-15-30(16-18-32)28(2)46/h5-18,23,26,33-34,39H,19-22,24-25,40H2,1-4H3,(H,41,47)(H,42,49)/b27-23+,39-26?/t33-,34?/m1/s1. The maximum Gasteiger partial charge on any atom is 0.250 e. The summed E-state index contributed by atoms with van der Waals surface area (Å²) in [6, 6.07) is 24.2. The van der Waals surface area contributed by atoms with Crippen molar-refractivity contribution in [2.75, 3.05) is 37.7 Å². The summed E-state index contributed by atoms with van der Waals surface area (Å²) in [6.07, 6.45) is 2.58. The molecule has 3 aromatic rings. The van der Waals surface area contributed by atoms with Crippen LogP contribution in [0.1, 0.15) is 55.2 Å². The average Bonchev–Trinajstić information content (AvgIpc) is 3.11.